The molecule has 2 amide bonds. The fourth-order valence-corrected chi connectivity index (χ4v) is 6.04. The van der Waals surface area contributed by atoms with Crippen molar-refractivity contribution in [2.75, 3.05) is 18.0 Å². The predicted molar refractivity (Wildman–Crippen MR) is 175 cm³/mol. The molecular formula is C35H39N3O6S. The molecule has 4 aromatic rings. The first-order chi connectivity index (χ1) is 21.5. The summed E-state index contributed by atoms with van der Waals surface area (Å²) in [5.41, 5.74) is 1.89. The Kier molecular flexibility index (Phi) is 10.9. The number of hydrogen-bond acceptors (Lipinski definition) is 6. The zero-order valence-corrected chi connectivity index (χ0v) is 27.0. The monoisotopic (exact) mass is 629 g/mol. The first-order valence-electron chi connectivity index (χ1n) is 14.6. The molecule has 0 spiro atoms. The van der Waals surface area contributed by atoms with E-state index in [2.05, 4.69) is 5.32 Å². The van der Waals surface area contributed by atoms with Gasteiger partial charge in [-0.1, -0.05) is 48.0 Å². The summed E-state index contributed by atoms with van der Waals surface area (Å²) in [4.78, 5) is 28.7. The van der Waals surface area contributed by atoms with Gasteiger partial charge in [-0.05, 0) is 93.9 Å². The van der Waals surface area contributed by atoms with Crippen LogP contribution in [0.4, 0.5) is 5.69 Å². The summed E-state index contributed by atoms with van der Waals surface area (Å²) >= 11 is 0. The number of anilines is 1. The van der Waals surface area contributed by atoms with Crippen LogP contribution in [0.25, 0.3) is 0 Å². The van der Waals surface area contributed by atoms with Crippen LogP contribution in [0, 0.1) is 6.92 Å². The Morgan fingerprint density at radius 3 is 2.04 bits per heavy atom. The summed E-state index contributed by atoms with van der Waals surface area (Å²) in [5.74, 6) is 0.829. The Bertz CT molecular complexity index is 1690. The molecule has 0 saturated heterocycles. The fourth-order valence-electron chi connectivity index (χ4n) is 4.63. The standard InChI is InChI=1S/C35H39N3O6S/c1-25(2)36-35(40)27(4)37(23-28-10-9-13-32(22-28)43-5)34(39)24-38(45(41,42)33-20-14-26(3)15-21-33)29-16-18-31(19-17-29)44-30-11-7-6-8-12-30/h6-22,25,27H,23-24H2,1-5H3,(H,36,40). The van der Waals surface area contributed by atoms with Crippen LogP contribution in [0.15, 0.2) is 108 Å². The number of nitrogens with one attached hydrogen (secondary N) is 1. The van der Waals surface area contributed by atoms with Crippen molar-refractivity contribution in [3.63, 3.8) is 0 Å². The van der Waals surface area contributed by atoms with E-state index >= 15 is 0 Å². The highest BCUT2D eigenvalue weighted by Crippen LogP contribution is 2.29. The summed E-state index contributed by atoms with van der Waals surface area (Å²) in [6.07, 6.45) is 0. The summed E-state index contributed by atoms with van der Waals surface area (Å²) in [6, 6.07) is 28.3. The molecule has 0 bridgehead atoms. The van der Waals surface area contributed by atoms with Gasteiger partial charge >= 0.3 is 0 Å². The van der Waals surface area contributed by atoms with E-state index in [0.29, 0.717) is 17.2 Å². The number of ether oxygens (including phenoxy) is 2. The summed E-state index contributed by atoms with van der Waals surface area (Å²) in [6.45, 7) is 6.68. The van der Waals surface area contributed by atoms with E-state index in [9.17, 15) is 18.0 Å². The lowest BCUT2D eigenvalue weighted by molar-refractivity contribution is -0.139. The van der Waals surface area contributed by atoms with E-state index < -0.39 is 28.5 Å². The first kappa shape index (κ1) is 33.1. The Morgan fingerprint density at radius 1 is 0.800 bits per heavy atom. The minimum absolute atomic E-state index is 0.0375. The smallest absolute Gasteiger partial charge is 0.264 e. The molecule has 1 atom stereocenters. The van der Waals surface area contributed by atoms with Crippen LogP contribution in [-0.2, 0) is 26.2 Å². The number of hydrogen-bond donors (Lipinski definition) is 1. The van der Waals surface area contributed by atoms with Crippen molar-refractivity contribution >= 4 is 27.5 Å². The molecular weight excluding hydrogens is 590 g/mol. The maximum absolute atomic E-state index is 14.1. The van der Waals surface area contributed by atoms with Gasteiger partial charge in [-0.2, -0.15) is 0 Å². The number of sulfonamides is 1. The number of rotatable bonds is 13. The Labute approximate surface area is 265 Å². The molecule has 1 N–H and O–H groups in total. The lowest BCUT2D eigenvalue weighted by Crippen LogP contribution is -2.52. The highest BCUT2D eigenvalue weighted by molar-refractivity contribution is 7.92. The molecule has 4 rings (SSSR count). The summed E-state index contributed by atoms with van der Waals surface area (Å²) < 4.78 is 40.5. The Morgan fingerprint density at radius 2 is 1.42 bits per heavy atom. The Hall–Kier alpha value is -4.83. The van der Waals surface area contributed by atoms with Gasteiger partial charge in [0, 0.05) is 12.6 Å². The number of carbonyl (C=O) groups excluding carboxylic acids is 2. The van der Waals surface area contributed by atoms with Crippen LogP contribution in [0.2, 0.25) is 0 Å². The molecule has 0 heterocycles. The molecule has 0 fully saturated rings. The molecule has 236 valence electrons. The van der Waals surface area contributed by atoms with Gasteiger partial charge in [0.25, 0.3) is 10.0 Å². The molecule has 0 aliphatic rings. The predicted octanol–water partition coefficient (Wildman–Crippen LogP) is 5.93. The van der Waals surface area contributed by atoms with Crippen molar-refractivity contribution < 1.29 is 27.5 Å². The van der Waals surface area contributed by atoms with Crippen LogP contribution in [-0.4, -0.2) is 50.9 Å². The number of para-hydroxylation sites is 1. The van der Waals surface area contributed by atoms with Crippen LogP contribution < -0.4 is 19.1 Å². The third kappa shape index (κ3) is 8.63. The SMILES string of the molecule is COc1cccc(CN(C(=O)CN(c2ccc(Oc3ccccc3)cc2)S(=O)(=O)c2ccc(C)cc2)C(C)C(=O)NC(C)C)c1. The van der Waals surface area contributed by atoms with E-state index in [0.717, 1.165) is 15.4 Å². The molecule has 9 nitrogen and oxygen atoms in total. The van der Waals surface area contributed by atoms with Crippen LogP contribution in [0.5, 0.6) is 17.2 Å². The second-order valence-electron chi connectivity index (χ2n) is 10.9. The largest absolute Gasteiger partial charge is 0.497 e. The third-order valence-electron chi connectivity index (χ3n) is 7.08. The quantitative estimate of drug-likeness (QED) is 0.197. The van der Waals surface area contributed by atoms with Gasteiger partial charge in [0.1, 0.15) is 29.8 Å². The highest BCUT2D eigenvalue weighted by atomic mass is 32.2. The van der Waals surface area contributed by atoms with Gasteiger partial charge in [-0.3, -0.25) is 13.9 Å². The molecule has 0 aliphatic carbocycles. The second kappa shape index (κ2) is 14.8. The number of amides is 2. The third-order valence-corrected chi connectivity index (χ3v) is 8.86. The second-order valence-corrected chi connectivity index (χ2v) is 12.8. The number of aryl methyl sites for hydroxylation is 1. The average Bonchev–Trinajstić information content (AvgIpc) is 3.03. The van der Waals surface area contributed by atoms with Crippen LogP contribution in [0.1, 0.15) is 31.9 Å². The molecule has 0 aliphatic heterocycles. The van der Waals surface area contributed by atoms with E-state index in [1.807, 2.05) is 57.2 Å². The van der Waals surface area contributed by atoms with Crippen molar-refractivity contribution in [1.29, 1.82) is 0 Å². The van der Waals surface area contributed by atoms with E-state index in [-0.39, 0.29) is 29.1 Å². The molecule has 0 radical (unpaired) electrons. The number of methoxy groups -OCH3 is 1. The lowest BCUT2D eigenvalue weighted by atomic mass is 10.1. The minimum Gasteiger partial charge on any atom is -0.497 e. The normalized spacial score (nSPS) is 11.9. The number of benzene rings is 4. The number of nitrogens with zero attached hydrogens (tertiary/aromatic N) is 2. The summed E-state index contributed by atoms with van der Waals surface area (Å²) in [5, 5.41) is 2.86. The highest BCUT2D eigenvalue weighted by Gasteiger charge is 2.32. The van der Waals surface area contributed by atoms with Gasteiger partial charge < -0.3 is 19.7 Å². The molecule has 4 aromatic carbocycles. The topological polar surface area (TPSA) is 105 Å². The fraction of sp³-hybridized carbons (Fsp3) is 0.257. The minimum atomic E-state index is -4.20. The first-order valence-corrected chi connectivity index (χ1v) is 16.1. The van der Waals surface area contributed by atoms with Crippen LogP contribution in [0.3, 0.4) is 0 Å². The summed E-state index contributed by atoms with van der Waals surface area (Å²) in [7, 11) is -2.65. The zero-order chi connectivity index (χ0) is 32.6. The van der Waals surface area contributed by atoms with Crippen molar-refractivity contribution in [3.05, 3.63) is 114 Å². The van der Waals surface area contributed by atoms with Crippen molar-refractivity contribution in [2.24, 2.45) is 0 Å². The van der Waals surface area contributed by atoms with Crippen LogP contribution >= 0.6 is 0 Å². The van der Waals surface area contributed by atoms with Gasteiger partial charge in [0.05, 0.1) is 17.7 Å². The molecule has 0 aromatic heterocycles. The lowest BCUT2D eigenvalue weighted by Gasteiger charge is -2.32. The van der Waals surface area contributed by atoms with Crippen molar-refractivity contribution in [1.82, 2.24) is 10.2 Å². The molecule has 1 unspecified atom stereocenters. The molecule has 45 heavy (non-hydrogen) atoms. The molecule has 10 heteroatoms. The Balaban J connectivity index is 1.71. The van der Waals surface area contributed by atoms with Crippen molar-refractivity contribution in [2.45, 2.75) is 51.2 Å². The maximum atomic E-state index is 14.1. The average molecular weight is 630 g/mol. The van der Waals surface area contributed by atoms with E-state index in [4.69, 9.17) is 9.47 Å². The maximum Gasteiger partial charge on any atom is 0.264 e. The van der Waals surface area contributed by atoms with Gasteiger partial charge in [-0.25, -0.2) is 8.42 Å². The van der Waals surface area contributed by atoms with Crippen molar-refractivity contribution in [3.8, 4) is 17.2 Å². The van der Waals surface area contributed by atoms with Gasteiger partial charge in [0.2, 0.25) is 11.8 Å². The zero-order valence-electron chi connectivity index (χ0n) is 26.1. The van der Waals surface area contributed by atoms with Gasteiger partial charge in [-0.15, -0.1) is 0 Å². The van der Waals surface area contributed by atoms with E-state index in [1.54, 1.807) is 68.6 Å². The van der Waals surface area contributed by atoms with Gasteiger partial charge in [0.15, 0.2) is 0 Å². The molecule has 0 saturated carbocycles. The van der Waals surface area contributed by atoms with E-state index in [1.165, 1.54) is 17.0 Å². The number of carbonyl (C=O) groups is 2.